The van der Waals surface area contributed by atoms with Crippen LogP contribution >= 0.6 is 28.4 Å². The topological polar surface area (TPSA) is 142 Å². The minimum absolute atomic E-state index is 0.0288. The fraction of sp³-hybridized carbons (Fsp3) is 0.931. The highest BCUT2D eigenvalue weighted by Gasteiger charge is 2.49. The van der Waals surface area contributed by atoms with E-state index < -0.39 is 43.3 Å². The van der Waals surface area contributed by atoms with Crippen LogP contribution in [0.15, 0.2) is 12.7 Å². The molecule has 19 atom stereocenters. The average molecular weight is 703 g/mol. The van der Waals surface area contributed by atoms with E-state index in [1.54, 1.807) is 0 Å². The quantitative estimate of drug-likeness (QED) is 0.123. The summed E-state index contributed by atoms with van der Waals surface area (Å²) in [6.07, 6.45) is -2.01. The standard InChI is InChI=1S/C29H53O13P3/c1-6-7-8-9-32-27-15(3)23(40-43)19(37-27)12-34-28-17(5)25(42-45)21(39-28)13-35-29-16(4)24(41-44)20(38-29)11-33-26-14(2)22(31)18(10-30)36-26/h6,14-31H,1,7-13,43-45H2,2-5H3. The fourth-order valence-corrected chi connectivity index (χ4v) is 7.70. The molecular formula is C29H53O13P3. The number of aliphatic hydroxyl groups is 2. The molecule has 45 heavy (non-hydrogen) atoms. The normalized spacial score (nSPS) is 45.1. The van der Waals surface area contributed by atoms with E-state index in [-0.39, 0.29) is 80.8 Å². The van der Waals surface area contributed by atoms with Gasteiger partial charge in [-0.15, -0.1) is 6.58 Å². The predicted octanol–water partition coefficient (Wildman–Crippen LogP) is 2.34. The van der Waals surface area contributed by atoms with Crippen LogP contribution in [0.5, 0.6) is 0 Å². The summed E-state index contributed by atoms with van der Waals surface area (Å²) in [5.74, 6) is -0.476. The molecule has 0 radical (unpaired) electrons. The minimum Gasteiger partial charge on any atom is -0.394 e. The number of aliphatic hydroxyl groups excluding tert-OH is 2. The molecule has 0 amide bonds. The van der Waals surface area contributed by atoms with Crippen molar-refractivity contribution in [1.29, 1.82) is 0 Å². The molecular weight excluding hydrogens is 649 g/mol. The lowest BCUT2D eigenvalue weighted by atomic mass is 10.0. The van der Waals surface area contributed by atoms with Crippen molar-refractivity contribution in [2.75, 3.05) is 33.0 Å². The highest BCUT2D eigenvalue weighted by atomic mass is 31.0. The molecule has 4 aliphatic heterocycles. The Morgan fingerprint density at radius 1 is 0.622 bits per heavy atom. The molecule has 13 nitrogen and oxygen atoms in total. The maximum Gasteiger partial charge on any atom is 0.163 e. The van der Waals surface area contributed by atoms with Gasteiger partial charge in [0, 0.05) is 52.1 Å². The molecule has 0 spiro atoms. The largest absolute Gasteiger partial charge is 0.394 e. The van der Waals surface area contributed by atoms with Gasteiger partial charge in [-0.25, -0.2) is 0 Å². The molecule has 4 heterocycles. The lowest BCUT2D eigenvalue weighted by Crippen LogP contribution is -2.34. The van der Waals surface area contributed by atoms with E-state index in [2.05, 4.69) is 35.0 Å². The highest BCUT2D eigenvalue weighted by molar-refractivity contribution is 7.10. The molecule has 0 saturated carbocycles. The molecule has 4 saturated heterocycles. The first-order valence-electron chi connectivity index (χ1n) is 15.7. The molecule has 0 aliphatic carbocycles. The van der Waals surface area contributed by atoms with Crippen LogP contribution in [0.25, 0.3) is 0 Å². The van der Waals surface area contributed by atoms with Crippen LogP contribution in [0.2, 0.25) is 0 Å². The molecule has 2 N–H and O–H groups in total. The first kappa shape index (κ1) is 38.3. The predicted molar refractivity (Wildman–Crippen MR) is 171 cm³/mol. The molecule has 16 heteroatoms. The number of hydrogen-bond donors (Lipinski definition) is 2. The minimum atomic E-state index is -0.806. The Bertz CT molecular complexity index is 894. The van der Waals surface area contributed by atoms with Crippen molar-refractivity contribution in [2.45, 2.75) is 115 Å². The van der Waals surface area contributed by atoms with Crippen molar-refractivity contribution in [3.8, 4) is 0 Å². The summed E-state index contributed by atoms with van der Waals surface area (Å²) in [6, 6.07) is 0. The molecule has 4 aliphatic rings. The zero-order valence-electron chi connectivity index (χ0n) is 26.6. The van der Waals surface area contributed by atoms with E-state index in [0.717, 1.165) is 12.8 Å². The third kappa shape index (κ3) is 9.20. The molecule has 262 valence electrons. The Morgan fingerprint density at radius 2 is 1.00 bits per heavy atom. The first-order valence-corrected chi connectivity index (χ1v) is 17.1. The summed E-state index contributed by atoms with van der Waals surface area (Å²) in [5, 5.41) is 19.7. The zero-order chi connectivity index (χ0) is 32.7. The van der Waals surface area contributed by atoms with Gasteiger partial charge in [-0.1, -0.05) is 33.8 Å². The van der Waals surface area contributed by atoms with Crippen LogP contribution in [0.3, 0.4) is 0 Å². The molecule has 19 unspecified atom stereocenters. The maximum atomic E-state index is 10.2. The Kier molecular flexibility index (Phi) is 15.7. The second kappa shape index (κ2) is 18.5. The van der Waals surface area contributed by atoms with E-state index in [4.69, 9.17) is 51.5 Å². The van der Waals surface area contributed by atoms with Crippen LogP contribution < -0.4 is 0 Å². The second-order valence-corrected chi connectivity index (χ2v) is 13.2. The van der Waals surface area contributed by atoms with Crippen LogP contribution in [-0.2, 0) is 51.5 Å². The van der Waals surface area contributed by atoms with Gasteiger partial charge >= 0.3 is 0 Å². The van der Waals surface area contributed by atoms with E-state index in [9.17, 15) is 10.2 Å². The van der Waals surface area contributed by atoms with Crippen molar-refractivity contribution < 1.29 is 61.7 Å². The number of allylic oxidation sites excluding steroid dienone is 1. The van der Waals surface area contributed by atoms with Crippen LogP contribution in [0, 0.1) is 23.7 Å². The number of unbranched alkanes of at least 4 members (excludes halogenated alkanes) is 1. The van der Waals surface area contributed by atoms with Crippen molar-refractivity contribution >= 4 is 28.4 Å². The third-order valence-corrected chi connectivity index (χ3v) is 10.2. The van der Waals surface area contributed by atoms with Crippen LogP contribution in [-0.4, -0.2) is 117 Å². The van der Waals surface area contributed by atoms with Crippen molar-refractivity contribution in [1.82, 2.24) is 0 Å². The summed E-state index contributed by atoms with van der Waals surface area (Å²) >= 11 is 0. The van der Waals surface area contributed by atoms with Gasteiger partial charge in [-0.3, -0.25) is 0 Å². The molecule has 4 fully saturated rings. The number of ether oxygens (including phenoxy) is 8. The number of rotatable bonds is 18. The third-order valence-electron chi connectivity index (χ3n) is 9.29. The van der Waals surface area contributed by atoms with Gasteiger partial charge in [-0.2, -0.15) is 0 Å². The second-order valence-electron chi connectivity index (χ2n) is 12.4. The van der Waals surface area contributed by atoms with Gasteiger partial charge in [0.15, 0.2) is 25.2 Å². The van der Waals surface area contributed by atoms with Crippen molar-refractivity contribution in [2.24, 2.45) is 23.7 Å². The van der Waals surface area contributed by atoms with Crippen molar-refractivity contribution in [3.63, 3.8) is 0 Å². The SMILES string of the molecule is C=CCCCOC1OC(COC2OC(COC3OC(COC4OC(CO)C(O)C4C)C(OP)C3C)C(OP)C2C)C(OP)C1C. The Morgan fingerprint density at radius 3 is 1.36 bits per heavy atom. The number of hydrogen-bond acceptors (Lipinski definition) is 13. The monoisotopic (exact) mass is 702 g/mol. The Labute approximate surface area is 273 Å². The van der Waals surface area contributed by atoms with E-state index in [1.165, 1.54) is 0 Å². The lowest BCUT2D eigenvalue weighted by Gasteiger charge is -2.22. The van der Waals surface area contributed by atoms with Gasteiger partial charge in [0.25, 0.3) is 0 Å². The fourth-order valence-electron chi connectivity index (χ4n) is 6.43. The van der Waals surface area contributed by atoms with Gasteiger partial charge in [0.05, 0.1) is 57.5 Å². The maximum absolute atomic E-state index is 10.2. The Hall–Kier alpha value is 0.510. The zero-order valence-corrected chi connectivity index (χ0v) is 30.1. The molecule has 0 aromatic carbocycles. The van der Waals surface area contributed by atoms with E-state index in [0.29, 0.717) is 6.61 Å². The molecule has 4 rings (SSSR count). The van der Waals surface area contributed by atoms with Crippen LogP contribution in [0.1, 0.15) is 40.5 Å². The Balaban J connectivity index is 1.26. The summed E-state index contributed by atoms with van der Waals surface area (Å²) in [6.45, 7) is 12.5. The molecule has 0 aromatic rings. The molecule has 0 bridgehead atoms. The summed E-state index contributed by atoms with van der Waals surface area (Å²) in [5.41, 5.74) is 0. The van der Waals surface area contributed by atoms with E-state index >= 15 is 0 Å². The van der Waals surface area contributed by atoms with Gasteiger partial charge in [0.1, 0.15) is 24.4 Å². The van der Waals surface area contributed by atoms with Gasteiger partial charge in [0.2, 0.25) is 0 Å². The summed E-state index contributed by atoms with van der Waals surface area (Å²) in [7, 11) is 6.95. The summed E-state index contributed by atoms with van der Waals surface area (Å²) in [4.78, 5) is 0. The van der Waals surface area contributed by atoms with Gasteiger partial charge < -0.3 is 61.7 Å². The van der Waals surface area contributed by atoms with Crippen molar-refractivity contribution in [3.05, 3.63) is 12.7 Å². The molecule has 0 aromatic heterocycles. The first-order chi connectivity index (χ1) is 21.7. The summed E-state index contributed by atoms with van der Waals surface area (Å²) < 4.78 is 65.7. The average Bonchev–Trinajstić information content (AvgIpc) is 3.71. The highest BCUT2D eigenvalue weighted by Crippen LogP contribution is 2.37. The van der Waals surface area contributed by atoms with Crippen LogP contribution in [0.4, 0.5) is 0 Å². The smallest absolute Gasteiger partial charge is 0.163 e. The lowest BCUT2D eigenvalue weighted by molar-refractivity contribution is -0.215. The van der Waals surface area contributed by atoms with Gasteiger partial charge in [-0.05, 0) is 12.8 Å². The van der Waals surface area contributed by atoms with E-state index in [1.807, 2.05) is 33.8 Å².